The van der Waals surface area contributed by atoms with E-state index in [9.17, 15) is 4.79 Å². The maximum absolute atomic E-state index is 11.8. The lowest BCUT2D eigenvalue weighted by Crippen LogP contribution is -2.20. The van der Waals surface area contributed by atoms with E-state index in [0.29, 0.717) is 18.0 Å². The minimum absolute atomic E-state index is 0.0300. The lowest BCUT2D eigenvalue weighted by molar-refractivity contribution is -0.118. The summed E-state index contributed by atoms with van der Waals surface area (Å²) in [4.78, 5) is 11.8. The minimum atomic E-state index is -0.208. The summed E-state index contributed by atoms with van der Waals surface area (Å²) < 4.78 is 10.8. The van der Waals surface area contributed by atoms with Gasteiger partial charge in [-0.3, -0.25) is 4.79 Å². The van der Waals surface area contributed by atoms with Crippen LogP contribution in [0, 0.1) is 6.92 Å². The monoisotopic (exact) mass is 297 g/mol. The molecule has 0 aliphatic carbocycles. The maximum Gasteiger partial charge on any atom is 0.262 e. The van der Waals surface area contributed by atoms with Crippen LogP contribution in [0.4, 0.5) is 5.69 Å². The van der Waals surface area contributed by atoms with Crippen LogP contribution in [0.5, 0.6) is 11.5 Å². The third-order valence-corrected chi connectivity index (χ3v) is 2.90. The summed E-state index contributed by atoms with van der Waals surface area (Å²) in [7, 11) is 0. The van der Waals surface area contributed by atoms with Crippen molar-refractivity contribution in [2.24, 2.45) is 0 Å². The highest BCUT2D eigenvalue weighted by atomic mass is 16.5. The number of carbonyl (C=O) groups excluding carboxylic acids is 1. The van der Waals surface area contributed by atoms with Gasteiger partial charge in [-0.25, -0.2) is 0 Å². The molecule has 4 heteroatoms. The van der Waals surface area contributed by atoms with E-state index in [1.807, 2.05) is 31.2 Å². The average Bonchev–Trinajstić information content (AvgIpc) is 2.54. The SMILES string of the molecule is C=CCOc1ccc(NC(=O)COc2ccc(C)cc2)cc1. The summed E-state index contributed by atoms with van der Waals surface area (Å²) in [6.07, 6.45) is 1.68. The number of amides is 1. The van der Waals surface area contributed by atoms with Crippen molar-refractivity contribution in [3.05, 3.63) is 66.7 Å². The number of nitrogens with one attached hydrogen (secondary N) is 1. The van der Waals surface area contributed by atoms with Crippen LogP contribution in [0.2, 0.25) is 0 Å². The number of benzene rings is 2. The first-order chi connectivity index (χ1) is 10.7. The number of anilines is 1. The average molecular weight is 297 g/mol. The van der Waals surface area contributed by atoms with Gasteiger partial charge in [0.1, 0.15) is 18.1 Å². The Morgan fingerprint density at radius 2 is 1.64 bits per heavy atom. The third-order valence-electron chi connectivity index (χ3n) is 2.90. The second-order valence-electron chi connectivity index (χ2n) is 4.77. The quantitative estimate of drug-likeness (QED) is 0.795. The van der Waals surface area contributed by atoms with Gasteiger partial charge in [0.15, 0.2) is 6.61 Å². The molecule has 0 spiro atoms. The first kappa shape index (κ1) is 15.6. The van der Waals surface area contributed by atoms with E-state index in [2.05, 4.69) is 11.9 Å². The predicted molar refractivity (Wildman–Crippen MR) is 87.4 cm³/mol. The second kappa shape index (κ2) is 7.88. The Bertz CT molecular complexity index is 618. The molecule has 2 rings (SSSR count). The van der Waals surface area contributed by atoms with Crippen LogP contribution in [0.3, 0.4) is 0 Å². The molecule has 4 nitrogen and oxygen atoms in total. The molecule has 0 radical (unpaired) electrons. The van der Waals surface area contributed by atoms with Crippen molar-refractivity contribution in [1.82, 2.24) is 0 Å². The fraction of sp³-hybridized carbons (Fsp3) is 0.167. The summed E-state index contributed by atoms with van der Waals surface area (Å²) in [6.45, 7) is 6.01. The molecule has 0 aliphatic heterocycles. The molecule has 1 amide bonds. The number of hydrogen-bond donors (Lipinski definition) is 1. The van der Waals surface area contributed by atoms with Crippen LogP contribution in [-0.4, -0.2) is 19.1 Å². The van der Waals surface area contributed by atoms with Crippen molar-refractivity contribution in [2.75, 3.05) is 18.5 Å². The molecular weight excluding hydrogens is 278 g/mol. The van der Waals surface area contributed by atoms with Crippen LogP contribution in [-0.2, 0) is 4.79 Å². The van der Waals surface area contributed by atoms with Gasteiger partial charge in [-0.1, -0.05) is 30.4 Å². The Morgan fingerprint density at radius 1 is 1.05 bits per heavy atom. The lowest BCUT2D eigenvalue weighted by Gasteiger charge is -2.08. The van der Waals surface area contributed by atoms with E-state index in [0.717, 1.165) is 11.3 Å². The van der Waals surface area contributed by atoms with Gasteiger partial charge in [-0.05, 0) is 43.3 Å². The Labute approximate surface area is 130 Å². The normalized spacial score (nSPS) is 9.86. The van der Waals surface area contributed by atoms with Crippen molar-refractivity contribution >= 4 is 11.6 Å². The Hall–Kier alpha value is -2.75. The highest BCUT2D eigenvalue weighted by molar-refractivity contribution is 5.91. The molecule has 0 atom stereocenters. The largest absolute Gasteiger partial charge is 0.490 e. The minimum Gasteiger partial charge on any atom is -0.490 e. The summed E-state index contributed by atoms with van der Waals surface area (Å²) in [6, 6.07) is 14.7. The van der Waals surface area contributed by atoms with Gasteiger partial charge >= 0.3 is 0 Å². The van der Waals surface area contributed by atoms with Gasteiger partial charge in [0.25, 0.3) is 5.91 Å². The number of hydrogen-bond acceptors (Lipinski definition) is 3. The van der Waals surface area contributed by atoms with Gasteiger partial charge in [0, 0.05) is 5.69 Å². The highest BCUT2D eigenvalue weighted by Gasteiger charge is 2.04. The standard InChI is InChI=1S/C18H19NO3/c1-3-12-21-16-10-6-15(7-11-16)19-18(20)13-22-17-8-4-14(2)5-9-17/h3-11H,1,12-13H2,2H3,(H,19,20). The van der Waals surface area contributed by atoms with Gasteiger partial charge in [-0.2, -0.15) is 0 Å². The molecule has 2 aromatic rings. The topological polar surface area (TPSA) is 47.6 Å². The summed E-state index contributed by atoms with van der Waals surface area (Å²) in [5.74, 6) is 1.20. The van der Waals surface area contributed by atoms with Crippen LogP contribution < -0.4 is 14.8 Å². The number of ether oxygens (including phenoxy) is 2. The summed E-state index contributed by atoms with van der Waals surface area (Å²) >= 11 is 0. The maximum atomic E-state index is 11.8. The lowest BCUT2D eigenvalue weighted by atomic mass is 10.2. The van der Waals surface area contributed by atoms with Crippen molar-refractivity contribution in [2.45, 2.75) is 6.92 Å². The van der Waals surface area contributed by atoms with Crippen LogP contribution in [0.25, 0.3) is 0 Å². The van der Waals surface area contributed by atoms with E-state index < -0.39 is 0 Å². The van der Waals surface area contributed by atoms with Gasteiger partial charge in [0.05, 0.1) is 0 Å². The molecular formula is C18H19NO3. The molecule has 1 N–H and O–H groups in total. The molecule has 22 heavy (non-hydrogen) atoms. The number of aryl methyl sites for hydroxylation is 1. The molecule has 0 aliphatic rings. The molecule has 0 unspecified atom stereocenters. The van der Waals surface area contributed by atoms with E-state index in [-0.39, 0.29) is 12.5 Å². The number of rotatable bonds is 7. The zero-order valence-electron chi connectivity index (χ0n) is 12.5. The van der Waals surface area contributed by atoms with Gasteiger partial charge in [0.2, 0.25) is 0 Å². The molecule has 0 aromatic heterocycles. The van der Waals surface area contributed by atoms with E-state index in [4.69, 9.17) is 9.47 Å². The molecule has 0 saturated carbocycles. The zero-order chi connectivity index (χ0) is 15.8. The Kier molecular flexibility index (Phi) is 5.60. The Morgan fingerprint density at radius 3 is 2.27 bits per heavy atom. The van der Waals surface area contributed by atoms with E-state index in [1.165, 1.54) is 0 Å². The van der Waals surface area contributed by atoms with Gasteiger partial charge < -0.3 is 14.8 Å². The fourth-order valence-corrected chi connectivity index (χ4v) is 1.77. The van der Waals surface area contributed by atoms with E-state index >= 15 is 0 Å². The van der Waals surface area contributed by atoms with Crippen LogP contribution >= 0.6 is 0 Å². The molecule has 0 heterocycles. The second-order valence-corrected chi connectivity index (χ2v) is 4.77. The fourth-order valence-electron chi connectivity index (χ4n) is 1.77. The van der Waals surface area contributed by atoms with Crippen molar-refractivity contribution < 1.29 is 14.3 Å². The predicted octanol–water partition coefficient (Wildman–Crippen LogP) is 3.58. The van der Waals surface area contributed by atoms with Crippen molar-refractivity contribution in [3.63, 3.8) is 0 Å². The Balaban J connectivity index is 1.81. The first-order valence-electron chi connectivity index (χ1n) is 7.00. The summed E-state index contributed by atoms with van der Waals surface area (Å²) in [5, 5.41) is 2.77. The highest BCUT2D eigenvalue weighted by Crippen LogP contribution is 2.16. The van der Waals surface area contributed by atoms with E-state index in [1.54, 1.807) is 30.3 Å². The number of carbonyl (C=O) groups is 1. The van der Waals surface area contributed by atoms with Gasteiger partial charge in [-0.15, -0.1) is 0 Å². The summed E-state index contributed by atoms with van der Waals surface area (Å²) in [5.41, 5.74) is 1.85. The first-order valence-corrected chi connectivity index (χ1v) is 7.00. The molecule has 2 aromatic carbocycles. The van der Waals surface area contributed by atoms with Crippen molar-refractivity contribution in [3.8, 4) is 11.5 Å². The molecule has 114 valence electrons. The molecule has 0 bridgehead atoms. The zero-order valence-corrected chi connectivity index (χ0v) is 12.5. The third kappa shape index (κ3) is 4.98. The molecule has 0 saturated heterocycles. The molecule has 0 fully saturated rings. The van der Waals surface area contributed by atoms with Crippen molar-refractivity contribution in [1.29, 1.82) is 0 Å². The van der Waals surface area contributed by atoms with Crippen LogP contribution in [0.15, 0.2) is 61.2 Å². The van der Waals surface area contributed by atoms with Crippen LogP contribution in [0.1, 0.15) is 5.56 Å². The smallest absolute Gasteiger partial charge is 0.262 e.